The van der Waals surface area contributed by atoms with Gasteiger partial charge in [-0.05, 0) is 31.4 Å². The Bertz CT molecular complexity index is 789. The van der Waals surface area contributed by atoms with Gasteiger partial charge in [-0.2, -0.15) is 0 Å². The van der Waals surface area contributed by atoms with Crippen LogP contribution in [0.4, 0.5) is 37.0 Å². The summed E-state index contributed by atoms with van der Waals surface area (Å²) in [4.78, 5) is -2.75. The molecule has 0 saturated carbocycles. The highest BCUT2D eigenvalue weighted by atomic mass is 32.5. The van der Waals surface area contributed by atoms with Crippen LogP contribution in [0.3, 0.4) is 0 Å². The van der Waals surface area contributed by atoms with Crippen LogP contribution in [0.15, 0.2) is 28.7 Å². The van der Waals surface area contributed by atoms with Crippen molar-refractivity contribution in [1.29, 1.82) is 0 Å². The lowest BCUT2D eigenvalue weighted by molar-refractivity contribution is 0.362. The molecule has 1 aromatic rings. The molecule has 0 fully saturated rings. The molecule has 0 N–H and O–H groups in total. The van der Waals surface area contributed by atoms with Crippen LogP contribution in [0, 0.1) is 6.92 Å². The zero-order valence-electron chi connectivity index (χ0n) is 14.8. The van der Waals surface area contributed by atoms with Crippen LogP contribution in [0.5, 0.6) is 0 Å². The van der Waals surface area contributed by atoms with Gasteiger partial charge in [0.05, 0.1) is 0 Å². The molecular formula is C17H19F9S. The summed E-state index contributed by atoms with van der Waals surface area (Å²) in [5, 5.41) is 0. The van der Waals surface area contributed by atoms with Crippen molar-refractivity contribution in [1.82, 2.24) is 0 Å². The van der Waals surface area contributed by atoms with Gasteiger partial charge in [0.2, 0.25) is 0 Å². The molecule has 0 aliphatic heterocycles. The predicted molar refractivity (Wildman–Crippen MR) is 90.7 cm³/mol. The van der Waals surface area contributed by atoms with Crippen LogP contribution in [0.2, 0.25) is 0 Å². The summed E-state index contributed by atoms with van der Waals surface area (Å²) >= 11 is 0. The molecule has 0 spiro atoms. The van der Waals surface area contributed by atoms with Gasteiger partial charge in [-0.25, -0.2) is 17.6 Å². The Labute approximate surface area is 151 Å². The summed E-state index contributed by atoms with van der Waals surface area (Å²) in [5.74, 6) is -6.91. The van der Waals surface area contributed by atoms with Crippen molar-refractivity contribution in [2.45, 2.75) is 51.3 Å². The second kappa shape index (κ2) is 7.10. The number of hydrogen-bond acceptors (Lipinski definition) is 0. The fourth-order valence-corrected chi connectivity index (χ4v) is 3.81. The molecule has 0 aliphatic rings. The molecule has 10 heteroatoms. The molecular weight excluding hydrogens is 407 g/mol. The Morgan fingerprint density at radius 2 is 1.11 bits per heavy atom. The molecule has 156 valence electrons. The molecule has 0 heterocycles. The molecule has 0 aliphatic carbocycles. The second-order valence-corrected chi connectivity index (χ2v) is 8.37. The number of rotatable bonds is 7. The third kappa shape index (κ3) is 5.46. The van der Waals surface area contributed by atoms with Crippen molar-refractivity contribution >= 4 is 21.9 Å². The van der Waals surface area contributed by atoms with Crippen LogP contribution in [-0.2, 0) is 0 Å². The van der Waals surface area contributed by atoms with Crippen molar-refractivity contribution in [3.63, 3.8) is 0 Å². The van der Waals surface area contributed by atoms with E-state index in [0.29, 0.717) is 13.0 Å². The Morgan fingerprint density at radius 3 is 1.48 bits per heavy atom. The van der Waals surface area contributed by atoms with E-state index in [2.05, 4.69) is 0 Å². The van der Waals surface area contributed by atoms with Gasteiger partial charge in [0, 0.05) is 24.0 Å². The summed E-state index contributed by atoms with van der Waals surface area (Å²) in [5.41, 5.74) is -4.23. The lowest BCUT2D eigenvalue weighted by Gasteiger charge is -2.43. The Kier molecular flexibility index (Phi) is 6.17. The van der Waals surface area contributed by atoms with E-state index in [1.54, 1.807) is 0 Å². The average molecular weight is 426 g/mol. The first-order valence-electron chi connectivity index (χ1n) is 8.01. The standard InChI is InChI=1S/C17H19F9S/c1-4-6-13(18)15(20)11-8-9-12(16(21)14(19)7-5-2)17(10(11)3)27(22,23,24,25)26/h8-9H,4-7H2,1-3H3/b15-13+,16-14+. The van der Waals surface area contributed by atoms with Gasteiger partial charge in [-0.15, -0.1) is 0 Å². The van der Waals surface area contributed by atoms with E-state index < -0.39 is 68.0 Å². The minimum atomic E-state index is -10.6. The van der Waals surface area contributed by atoms with Crippen LogP contribution < -0.4 is 0 Å². The number of halogens is 9. The largest absolute Gasteiger partial charge is 0.311 e. The Balaban J connectivity index is 3.96. The first-order valence-corrected chi connectivity index (χ1v) is 9.96. The zero-order valence-corrected chi connectivity index (χ0v) is 15.6. The normalized spacial score (nSPS) is 17.0. The van der Waals surface area contributed by atoms with Gasteiger partial charge in [-0.3, -0.25) is 0 Å². The zero-order chi connectivity index (χ0) is 21.3. The first kappa shape index (κ1) is 23.5. The maximum absolute atomic E-state index is 14.1. The van der Waals surface area contributed by atoms with Crippen LogP contribution in [0.25, 0.3) is 11.7 Å². The van der Waals surface area contributed by atoms with E-state index in [1.807, 2.05) is 0 Å². The Hall–Kier alpha value is -1.58. The molecule has 0 unspecified atom stereocenters. The quantitative estimate of drug-likeness (QED) is 0.381. The van der Waals surface area contributed by atoms with Gasteiger partial charge in [-0.1, -0.05) is 39.3 Å². The maximum Gasteiger partial charge on any atom is 0.311 e. The highest BCUT2D eigenvalue weighted by Crippen LogP contribution is 3.03. The van der Waals surface area contributed by atoms with E-state index in [1.165, 1.54) is 13.8 Å². The van der Waals surface area contributed by atoms with Gasteiger partial charge >= 0.3 is 10.2 Å². The number of allylic oxidation sites excluding steroid dienone is 2. The lowest BCUT2D eigenvalue weighted by atomic mass is 10.0. The predicted octanol–water partition coefficient (Wildman–Crippen LogP) is 9.47. The molecule has 0 saturated heterocycles. The van der Waals surface area contributed by atoms with Crippen LogP contribution in [0.1, 0.15) is 56.2 Å². The minimum absolute atomic E-state index is 0.0155. The molecule has 27 heavy (non-hydrogen) atoms. The lowest BCUT2D eigenvalue weighted by Crippen LogP contribution is -2.13. The molecule has 0 radical (unpaired) electrons. The number of hydrogen-bond donors (Lipinski definition) is 0. The third-order valence-corrected chi connectivity index (χ3v) is 4.98. The summed E-state index contributed by atoms with van der Waals surface area (Å²) in [6.45, 7) is 3.35. The van der Waals surface area contributed by atoms with E-state index in [9.17, 15) is 37.0 Å². The smallest absolute Gasteiger partial charge is 0.209 e. The monoisotopic (exact) mass is 426 g/mol. The molecule has 0 nitrogen and oxygen atoms in total. The van der Waals surface area contributed by atoms with Crippen molar-refractivity contribution in [3.8, 4) is 0 Å². The highest BCUT2D eigenvalue weighted by Gasteiger charge is 2.67. The summed E-state index contributed by atoms with van der Waals surface area (Å²) in [6, 6.07) is 0.722. The van der Waals surface area contributed by atoms with E-state index in [-0.39, 0.29) is 18.9 Å². The van der Waals surface area contributed by atoms with Gasteiger partial charge in [0.25, 0.3) is 0 Å². The molecule has 0 atom stereocenters. The summed E-state index contributed by atoms with van der Waals surface area (Å²) < 4.78 is 123. The second-order valence-electron chi connectivity index (χ2n) is 6.02. The minimum Gasteiger partial charge on any atom is -0.209 e. The number of benzene rings is 1. The fourth-order valence-electron chi connectivity index (χ4n) is 2.55. The average Bonchev–Trinajstić information content (AvgIpc) is 2.51. The van der Waals surface area contributed by atoms with Gasteiger partial charge in [0.15, 0.2) is 11.7 Å². The van der Waals surface area contributed by atoms with Crippen molar-refractivity contribution in [2.24, 2.45) is 0 Å². The van der Waals surface area contributed by atoms with E-state index in [0.717, 1.165) is 0 Å². The highest BCUT2D eigenvalue weighted by molar-refractivity contribution is 8.45. The summed E-state index contributed by atoms with van der Waals surface area (Å²) in [6.07, 6.45) is -0.935. The van der Waals surface area contributed by atoms with Crippen LogP contribution >= 0.6 is 10.2 Å². The van der Waals surface area contributed by atoms with E-state index >= 15 is 0 Å². The van der Waals surface area contributed by atoms with Gasteiger partial charge < -0.3 is 0 Å². The molecule has 1 rings (SSSR count). The molecule has 0 aromatic heterocycles. The third-order valence-electron chi connectivity index (χ3n) is 3.68. The molecule has 0 bridgehead atoms. The molecule has 1 aromatic carbocycles. The van der Waals surface area contributed by atoms with Crippen LogP contribution in [-0.4, -0.2) is 0 Å². The van der Waals surface area contributed by atoms with E-state index in [4.69, 9.17) is 0 Å². The SMILES string of the molecule is CCC/C(F)=C(\F)c1ccc(/C(F)=C(\F)CCC)c(S(F)(F)(F)(F)F)c1C. The topological polar surface area (TPSA) is 0 Å². The fraction of sp³-hybridized carbons (Fsp3) is 0.412. The maximum atomic E-state index is 14.1. The summed E-state index contributed by atoms with van der Waals surface area (Å²) in [7, 11) is -10.6. The van der Waals surface area contributed by atoms with Crippen molar-refractivity contribution < 1.29 is 37.0 Å². The molecule has 0 amide bonds. The van der Waals surface area contributed by atoms with Gasteiger partial charge in [0.1, 0.15) is 16.5 Å². The van der Waals surface area contributed by atoms with Crippen molar-refractivity contribution in [3.05, 3.63) is 40.5 Å². The van der Waals surface area contributed by atoms with Crippen molar-refractivity contribution in [2.75, 3.05) is 0 Å². The Morgan fingerprint density at radius 1 is 0.741 bits per heavy atom. The first-order chi connectivity index (χ1) is 12.0.